The lowest BCUT2D eigenvalue weighted by molar-refractivity contribution is 1.08. The molecule has 1 nitrogen and oxygen atoms in total. The number of hydrogen-bond donors (Lipinski definition) is 0. The van der Waals surface area contributed by atoms with E-state index >= 15 is 0 Å². The second-order valence-corrected chi connectivity index (χ2v) is 10.4. The number of fused-ring (bicyclic) bond motifs is 1. The summed E-state index contributed by atoms with van der Waals surface area (Å²) in [7, 11) is 0. The minimum atomic E-state index is 1.16. The Labute approximate surface area is 226 Å². The summed E-state index contributed by atoms with van der Waals surface area (Å²) in [5.41, 5.74) is 8.65. The summed E-state index contributed by atoms with van der Waals surface area (Å²) >= 11 is 1.89. The molecular weight excluding hydrogens is 478 g/mol. The second-order valence-electron chi connectivity index (χ2n) is 9.41. The van der Waals surface area contributed by atoms with Crippen molar-refractivity contribution in [2.75, 3.05) is 0 Å². The van der Waals surface area contributed by atoms with Crippen molar-refractivity contribution in [3.8, 4) is 48.8 Å². The third kappa shape index (κ3) is 3.96. The summed E-state index contributed by atoms with van der Waals surface area (Å²) in [4.78, 5) is 2.61. The maximum Gasteiger partial charge on any atom is 0.0449 e. The number of thiophene rings is 1. The van der Waals surface area contributed by atoms with Crippen molar-refractivity contribution < 1.29 is 0 Å². The predicted octanol–water partition coefficient (Wildman–Crippen LogP) is 10.4. The van der Waals surface area contributed by atoms with Crippen LogP contribution in [0, 0.1) is 0 Å². The van der Waals surface area contributed by atoms with Crippen LogP contribution in [-0.4, -0.2) is 4.57 Å². The molecule has 5 aromatic carbocycles. The number of hydrogen-bond acceptors (Lipinski definition) is 1. The Kier molecular flexibility index (Phi) is 5.73. The van der Waals surface area contributed by atoms with Crippen LogP contribution in [0.2, 0.25) is 0 Å². The maximum atomic E-state index is 2.29. The van der Waals surface area contributed by atoms with Gasteiger partial charge in [-0.15, -0.1) is 11.3 Å². The van der Waals surface area contributed by atoms with Crippen LogP contribution in [0.1, 0.15) is 0 Å². The Bertz CT molecular complexity index is 1840. The van der Waals surface area contributed by atoms with Gasteiger partial charge in [0, 0.05) is 55.3 Å². The van der Waals surface area contributed by atoms with E-state index in [0.29, 0.717) is 0 Å². The monoisotopic (exact) mass is 503 g/mol. The first-order valence-corrected chi connectivity index (χ1v) is 13.7. The van der Waals surface area contributed by atoms with E-state index in [2.05, 4.69) is 156 Å². The molecule has 0 aliphatic heterocycles. The molecule has 0 bridgehead atoms. The molecule has 0 saturated carbocycles. The van der Waals surface area contributed by atoms with Gasteiger partial charge in [-0.2, -0.15) is 0 Å². The quantitative estimate of drug-likeness (QED) is 0.220. The molecular formula is C36H25NS. The second kappa shape index (κ2) is 9.66. The van der Waals surface area contributed by atoms with Gasteiger partial charge in [-0.25, -0.2) is 0 Å². The highest BCUT2D eigenvalue weighted by Crippen LogP contribution is 2.49. The first-order valence-electron chi connectivity index (χ1n) is 12.9. The molecule has 0 saturated heterocycles. The largest absolute Gasteiger partial charge is 0.323 e. The van der Waals surface area contributed by atoms with Crippen molar-refractivity contribution in [2.45, 2.75) is 0 Å². The molecule has 0 atom stereocenters. The van der Waals surface area contributed by atoms with E-state index in [9.17, 15) is 0 Å². The molecule has 0 N–H and O–H groups in total. The van der Waals surface area contributed by atoms with Crippen LogP contribution in [0.5, 0.6) is 0 Å². The Hall–Kier alpha value is -4.66. The van der Waals surface area contributed by atoms with Gasteiger partial charge >= 0.3 is 0 Å². The number of benzene rings is 5. The number of rotatable bonds is 5. The van der Waals surface area contributed by atoms with E-state index in [1.807, 2.05) is 11.3 Å². The number of aromatic nitrogens is 1. The van der Waals surface area contributed by atoms with Gasteiger partial charge in [-0.3, -0.25) is 0 Å². The van der Waals surface area contributed by atoms with E-state index < -0.39 is 0 Å². The lowest BCUT2D eigenvalue weighted by Gasteiger charge is -2.09. The molecule has 2 heterocycles. The molecule has 0 aliphatic carbocycles. The van der Waals surface area contributed by atoms with Crippen molar-refractivity contribution >= 4 is 22.1 Å². The molecule has 0 unspecified atom stereocenters. The predicted molar refractivity (Wildman–Crippen MR) is 163 cm³/mol. The van der Waals surface area contributed by atoms with Crippen LogP contribution in [0.25, 0.3) is 59.6 Å². The maximum absolute atomic E-state index is 2.29. The molecule has 180 valence electrons. The lowest BCUT2D eigenvalue weighted by atomic mass is 9.96. The third-order valence-electron chi connectivity index (χ3n) is 7.09. The van der Waals surface area contributed by atoms with E-state index in [1.165, 1.54) is 53.9 Å². The summed E-state index contributed by atoms with van der Waals surface area (Å²) < 4.78 is 2.25. The average molecular weight is 504 g/mol. The zero-order valence-electron chi connectivity index (χ0n) is 20.8. The van der Waals surface area contributed by atoms with Gasteiger partial charge in [0.15, 0.2) is 0 Å². The number of para-hydroxylation sites is 1. The zero-order valence-corrected chi connectivity index (χ0v) is 21.6. The Morgan fingerprint density at radius 2 is 0.816 bits per heavy atom. The molecule has 0 amide bonds. The van der Waals surface area contributed by atoms with Crippen molar-refractivity contribution in [2.24, 2.45) is 0 Å². The fourth-order valence-electron chi connectivity index (χ4n) is 5.27. The topological polar surface area (TPSA) is 4.93 Å². The van der Waals surface area contributed by atoms with Gasteiger partial charge in [0.1, 0.15) is 0 Å². The van der Waals surface area contributed by atoms with E-state index in [0.717, 1.165) is 5.69 Å². The van der Waals surface area contributed by atoms with E-state index in [1.54, 1.807) is 0 Å². The molecule has 2 aromatic heterocycles. The minimum absolute atomic E-state index is 1.16. The third-order valence-corrected chi connectivity index (χ3v) is 8.38. The van der Waals surface area contributed by atoms with Crippen LogP contribution in [0.4, 0.5) is 0 Å². The lowest BCUT2D eigenvalue weighted by Crippen LogP contribution is -1.87. The first-order chi connectivity index (χ1) is 18.9. The van der Waals surface area contributed by atoms with E-state index in [-0.39, 0.29) is 0 Å². The Morgan fingerprint density at radius 3 is 1.45 bits per heavy atom. The smallest absolute Gasteiger partial charge is 0.0449 e. The highest BCUT2D eigenvalue weighted by atomic mass is 32.1. The van der Waals surface area contributed by atoms with Gasteiger partial charge in [-0.1, -0.05) is 127 Å². The van der Waals surface area contributed by atoms with Gasteiger partial charge in [0.25, 0.3) is 0 Å². The SMILES string of the molecule is c1ccc(-c2ccccc2-c2sc(-c3cn(-c4ccccc4)cc3-c3ccccc3)c3ccccc23)cc1. The number of nitrogens with zero attached hydrogens (tertiary/aromatic N) is 1. The highest BCUT2D eigenvalue weighted by molar-refractivity contribution is 7.21. The molecule has 7 aromatic rings. The summed E-state index contributed by atoms with van der Waals surface area (Å²) in [5, 5.41) is 2.58. The molecule has 0 spiro atoms. The van der Waals surface area contributed by atoms with Gasteiger partial charge in [0.05, 0.1) is 0 Å². The van der Waals surface area contributed by atoms with Crippen molar-refractivity contribution in [1.82, 2.24) is 4.57 Å². The molecule has 7 rings (SSSR count). The summed E-state index contributed by atoms with van der Waals surface area (Å²) in [6.45, 7) is 0. The summed E-state index contributed by atoms with van der Waals surface area (Å²) in [6, 6.07) is 49.6. The Balaban J connectivity index is 1.49. The van der Waals surface area contributed by atoms with E-state index in [4.69, 9.17) is 0 Å². The van der Waals surface area contributed by atoms with Crippen LogP contribution in [0.15, 0.2) is 152 Å². The fourth-order valence-corrected chi connectivity index (χ4v) is 6.61. The molecule has 0 aliphatic rings. The first kappa shape index (κ1) is 22.5. The molecule has 0 radical (unpaired) electrons. The van der Waals surface area contributed by atoms with Crippen molar-refractivity contribution in [3.05, 3.63) is 152 Å². The molecule has 0 fully saturated rings. The fraction of sp³-hybridized carbons (Fsp3) is 0. The van der Waals surface area contributed by atoms with Crippen molar-refractivity contribution in [3.63, 3.8) is 0 Å². The van der Waals surface area contributed by atoms with Crippen molar-refractivity contribution in [1.29, 1.82) is 0 Å². The Morgan fingerprint density at radius 1 is 0.368 bits per heavy atom. The molecule has 2 heteroatoms. The van der Waals surface area contributed by atoms with Gasteiger partial charge in [-0.05, 0) is 28.8 Å². The van der Waals surface area contributed by atoms with Crippen LogP contribution >= 0.6 is 11.3 Å². The minimum Gasteiger partial charge on any atom is -0.323 e. The highest BCUT2D eigenvalue weighted by Gasteiger charge is 2.20. The summed E-state index contributed by atoms with van der Waals surface area (Å²) in [6.07, 6.45) is 4.56. The van der Waals surface area contributed by atoms with Crippen LogP contribution in [0.3, 0.4) is 0 Å². The standard InChI is InChI=1S/C36H25NS/c1-4-14-26(15-5-1)29-20-10-11-21-30(29)35-31-22-12-13-23-32(31)36(38-35)34-25-37(28-18-8-3-9-19-28)24-33(34)27-16-6-2-7-17-27/h1-25H. The van der Waals surface area contributed by atoms with Gasteiger partial charge in [0.2, 0.25) is 0 Å². The van der Waals surface area contributed by atoms with Gasteiger partial charge < -0.3 is 4.57 Å². The normalized spacial score (nSPS) is 11.2. The van der Waals surface area contributed by atoms with Crippen LogP contribution < -0.4 is 0 Å². The average Bonchev–Trinajstić information content (AvgIpc) is 3.61. The summed E-state index contributed by atoms with van der Waals surface area (Å²) in [5.74, 6) is 0. The molecule has 38 heavy (non-hydrogen) atoms. The van der Waals surface area contributed by atoms with Crippen LogP contribution in [-0.2, 0) is 0 Å². The zero-order chi connectivity index (χ0) is 25.3.